The lowest BCUT2D eigenvalue weighted by Gasteiger charge is -2.53. The average Bonchev–Trinajstić information content (AvgIpc) is 3.15. The molecule has 2 bridgehead atoms. The van der Waals surface area contributed by atoms with E-state index in [1.54, 1.807) is 0 Å². The van der Waals surface area contributed by atoms with Crippen LogP contribution in [0.3, 0.4) is 0 Å². The third kappa shape index (κ3) is 5.71. The lowest BCUT2D eigenvalue weighted by molar-refractivity contribution is 0.0874. The Bertz CT molecular complexity index is 2040. The minimum atomic E-state index is 0.0746. The van der Waals surface area contributed by atoms with Crippen LogP contribution in [0.5, 0.6) is 0 Å². The van der Waals surface area contributed by atoms with Gasteiger partial charge >= 0.3 is 0 Å². The van der Waals surface area contributed by atoms with E-state index in [4.69, 9.17) is 15.0 Å². The molecule has 0 N–H and O–H groups in total. The van der Waals surface area contributed by atoms with Crippen molar-refractivity contribution in [3.05, 3.63) is 150 Å². The van der Waals surface area contributed by atoms with E-state index in [0.717, 1.165) is 40.2 Å². The largest absolute Gasteiger partial charge is 0.208 e. The van der Waals surface area contributed by atoms with Gasteiger partial charge in [0.2, 0.25) is 0 Å². The van der Waals surface area contributed by atoms with Crippen LogP contribution in [-0.2, 0) is 10.8 Å². The van der Waals surface area contributed by atoms with Crippen molar-refractivity contribution < 1.29 is 0 Å². The van der Waals surface area contributed by atoms with Crippen LogP contribution in [0.2, 0.25) is 0 Å². The molecule has 3 unspecified atom stereocenters. The summed E-state index contributed by atoms with van der Waals surface area (Å²) in [5.41, 5.74) is 9.02. The molecule has 4 nitrogen and oxygen atoms in total. The Morgan fingerprint density at radius 1 is 0.583 bits per heavy atom. The van der Waals surface area contributed by atoms with Gasteiger partial charge in [0.05, 0.1) is 11.6 Å². The maximum absolute atomic E-state index is 9.39. The second kappa shape index (κ2) is 12.3. The fraction of sp³-hybridized carbons (Fsp3) is 0.227. The first-order valence-corrected chi connectivity index (χ1v) is 17.1. The summed E-state index contributed by atoms with van der Waals surface area (Å²) in [5.74, 6) is 2.77. The molecule has 1 heterocycles. The average molecular weight is 623 g/mol. The predicted molar refractivity (Wildman–Crippen MR) is 193 cm³/mol. The Kier molecular flexibility index (Phi) is 7.69. The van der Waals surface area contributed by atoms with Crippen LogP contribution in [0.15, 0.2) is 133 Å². The zero-order valence-electron chi connectivity index (χ0n) is 27.3. The number of aromatic nitrogens is 3. The van der Waals surface area contributed by atoms with Crippen molar-refractivity contribution in [2.45, 2.75) is 56.3 Å². The molecule has 48 heavy (non-hydrogen) atoms. The van der Waals surface area contributed by atoms with Crippen molar-refractivity contribution in [3.63, 3.8) is 0 Å². The van der Waals surface area contributed by atoms with E-state index >= 15 is 0 Å². The van der Waals surface area contributed by atoms with Gasteiger partial charge in [0.25, 0.3) is 0 Å². The summed E-state index contributed by atoms with van der Waals surface area (Å²) in [5, 5.41) is 9.39. The molecule has 0 aliphatic heterocycles. The number of hydrogen-bond acceptors (Lipinski definition) is 4. The van der Waals surface area contributed by atoms with Crippen LogP contribution in [0.25, 0.3) is 45.3 Å². The highest BCUT2D eigenvalue weighted by Crippen LogP contribution is 2.57. The smallest absolute Gasteiger partial charge is 0.164 e. The summed E-state index contributed by atoms with van der Waals surface area (Å²) < 4.78 is 0. The van der Waals surface area contributed by atoms with E-state index in [2.05, 4.69) is 67.6 Å². The molecule has 0 amide bonds. The predicted octanol–water partition coefficient (Wildman–Crippen LogP) is 10.6. The van der Waals surface area contributed by atoms with Crippen molar-refractivity contribution >= 4 is 0 Å². The van der Waals surface area contributed by atoms with Gasteiger partial charge in [-0.25, -0.2) is 15.0 Å². The molecule has 6 aromatic rings. The van der Waals surface area contributed by atoms with Crippen LogP contribution in [0.1, 0.15) is 62.1 Å². The summed E-state index contributed by atoms with van der Waals surface area (Å²) in [4.78, 5) is 14.8. The molecular formula is C44H38N4. The first-order chi connectivity index (χ1) is 23.5. The van der Waals surface area contributed by atoms with Crippen molar-refractivity contribution in [2.75, 3.05) is 0 Å². The summed E-state index contributed by atoms with van der Waals surface area (Å²) in [6.45, 7) is 2.49. The van der Waals surface area contributed by atoms with Crippen molar-refractivity contribution in [1.82, 2.24) is 15.0 Å². The molecule has 2 fully saturated rings. The molecule has 0 spiro atoms. The summed E-state index contributed by atoms with van der Waals surface area (Å²) in [7, 11) is 0. The number of rotatable bonds is 6. The molecule has 0 radical (unpaired) electrons. The number of nitriles is 1. The minimum Gasteiger partial charge on any atom is -0.208 e. The molecule has 5 aromatic carbocycles. The first kappa shape index (κ1) is 30.0. The highest BCUT2D eigenvalue weighted by atomic mass is 15.0. The van der Waals surface area contributed by atoms with Gasteiger partial charge in [0.1, 0.15) is 0 Å². The molecule has 2 saturated carbocycles. The standard InChI is InChI=1S/C44H38N4/c1-43(27-32-11-9-25-44(28-32,30-43)39-23-17-33(18-24-39)37-16-8-10-31(26-37)29-45)38-21-19-36(20-22-38)42-47-40(34-12-4-2-5-13-34)46-41(48-42)35-14-6-3-7-15-35/h2-8,10,12-24,26,32H,9,11,25,27-28,30H2,1H3. The Morgan fingerprint density at radius 3 is 1.73 bits per heavy atom. The molecule has 4 heteroatoms. The zero-order valence-corrected chi connectivity index (χ0v) is 27.3. The van der Waals surface area contributed by atoms with Crippen LogP contribution in [-0.4, -0.2) is 15.0 Å². The zero-order chi connectivity index (χ0) is 32.6. The Hall–Kier alpha value is -5.40. The van der Waals surface area contributed by atoms with Crippen molar-refractivity contribution in [2.24, 2.45) is 5.92 Å². The topological polar surface area (TPSA) is 62.5 Å². The second-order valence-corrected chi connectivity index (χ2v) is 14.1. The van der Waals surface area contributed by atoms with Crippen LogP contribution >= 0.6 is 0 Å². The lowest BCUT2D eigenvalue weighted by Crippen LogP contribution is -2.46. The van der Waals surface area contributed by atoms with Crippen LogP contribution < -0.4 is 0 Å². The monoisotopic (exact) mass is 622 g/mol. The second-order valence-electron chi connectivity index (χ2n) is 14.1. The van der Waals surface area contributed by atoms with E-state index in [0.29, 0.717) is 23.0 Å². The van der Waals surface area contributed by atoms with Crippen molar-refractivity contribution in [1.29, 1.82) is 5.26 Å². The number of fused-ring (bicyclic) bond motifs is 2. The third-order valence-electron chi connectivity index (χ3n) is 10.8. The molecule has 3 atom stereocenters. The quantitative estimate of drug-likeness (QED) is 0.185. The van der Waals surface area contributed by atoms with Gasteiger partial charge in [-0.2, -0.15) is 5.26 Å². The SMILES string of the molecule is CC1(c2ccc(-c3nc(-c4ccccc4)nc(-c4ccccc4)n3)cc2)CC2CCCC(c3ccc(-c4cccc(C#N)c4)cc3)(C2)C1. The van der Waals surface area contributed by atoms with Gasteiger partial charge < -0.3 is 0 Å². The van der Waals surface area contributed by atoms with Crippen molar-refractivity contribution in [3.8, 4) is 51.4 Å². The van der Waals surface area contributed by atoms with Crippen LogP contribution in [0.4, 0.5) is 0 Å². The van der Waals surface area contributed by atoms with Gasteiger partial charge in [-0.1, -0.05) is 141 Å². The van der Waals surface area contributed by atoms with Crippen LogP contribution in [0, 0.1) is 17.2 Å². The molecular weight excluding hydrogens is 585 g/mol. The summed E-state index contributed by atoms with van der Waals surface area (Å²) >= 11 is 0. The number of hydrogen-bond donors (Lipinski definition) is 0. The number of benzene rings is 5. The van der Waals surface area contributed by atoms with E-state index in [1.807, 2.05) is 78.9 Å². The molecule has 2 aliphatic carbocycles. The van der Waals surface area contributed by atoms with Gasteiger partial charge in [0.15, 0.2) is 17.5 Å². The van der Waals surface area contributed by atoms with Gasteiger partial charge in [-0.15, -0.1) is 0 Å². The molecule has 0 saturated heterocycles. The van der Waals surface area contributed by atoms with Gasteiger partial charge in [-0.3, -0.25) is 0 Å². The third-order valence-corrected chi connectivity index (χ3v) is 10.8. The maximum Gasteiger partial charge on any atom is 0.164 e. The highest BCUT2D eigenvalue weighted by Gasteiger charge is 2.49. The molecule has 234 valence electrons. The summed E-state index contributed by atoms with van der Waals surface area (Å²) in [6.07, 6.45) is 7.45. The van der Waals surface area contributed by atoms with E-state index in [9.17, 15) is 5.26 Å². The Labute approximate surface area is 283 Å². The van der Waals surface area contributed by atoms with Gasteiger partial charge in [0, 0.05) is 16.7 Å². The van der Waals surface area contributed by atoms with E-state index < -0.39 is 0 Å². The molecule has 1 aromatic heterocycles. The van der Waals surface area contributed by atoms with E-state index in [1.165, 1.54) is 43.2 Å². The Morgan fingerprint density at radius 2 is 1.12 bits per heavy atom. The number of nitrogens with zero attached hydrogens (tertiary/aromatic N) is 4. The lowest BCUT2D eigenvalue weighted by atomic mass is 9.51. The molecule has 2 aliphatic rings. The first-order valence-electron chi connectivity index (χ1n) is 17.1. The Balaban J connectivity index is 1.11. The van der Waals surface area contributed by atoms with Gasteiger partial charge in [-0.05, 0) is 76.8 Å². The van der Waals surface area contributed by atoms with E-state index in [-0.39, 0.29) is 10.8 Å². The summed E-state index contributed by atoms with van der Waals surface area (Å²) in [6, 6.07) is 48.8. The molecule has 8 rings (SSSR count). The maximum atomic E-state index is 9.39. The fourth-order valence-corrected chi connectivity index (χ4v) is 8.60. The normalized spacial score (nSPS) is 21.7. The highest BCUT2D eigenvalue weighted by molar-refractivity contribution is 5.67. The minimum absolute atomic E-state index is 0.0746. The fourth-order valence-electron chi connectivity index (χ4n) is 8.60.